The van der Waals surface area contributed by atoms with Crippen LogP contribution in [0.5, 0.6) is 0 Å². The number of non-ortho nitro benzene ring substituents is 1. The molecule has 0 aliphatic heterocycles. The number of rotatable bonds is 5. The van der Waals surface area contributed by atoms with Gasteiger partial charge in [0.05, 0.1) is 11.2 Å². The maximum atomic E-state index is 11.6. The summed E-state index contributed by atoms with van der Waals surface area (Å²) in [7, 11) is 0. The minimum Gasteiger partial charge on any atom is -0.461 e. The minimum atomic E-state index is -0.451. The number of nitro benzene ring substituents is 1. The van der Waals surface area contributed by atoms with Crippen molar-refractivity contribution < 1.29 is 14.1 Å². The average molecular weight is 272 g/mol. The second kappa shape index (κ2) is 5.83. The summed E-state index contributed by atoms with van der Waals surface area (Å²) in [5, 5.41) is 13.5. The number of carbonyl (C=O) groups is 1. The Bertz CT molecular complexity index is 660. The zero-order chi connectivity index (χ0) is 14.5. The highest BCUT2D eigenvalue weighted by Gasteiger charge is 2.07. The van der Waals surface area contributed by atoms with Crippen LogP contribution in [0.1, 0.15) is 16.1 Å². The Labute approximate surface area is 114 Å². The Kier molecular flexibility index (Phi) is 3.95. The van der Waals surface area contributed by atoms with Crippen LogP contribution in [-0.4, -0.2) is 10.7 Å². The van der Waals surface area contributed by atoms with Gasteiger partial charge in [-0.25, -0.2) is 0 Å². The third-order valence-corrected chi connectivity index (χ3v) is 2.66. The summed E-state index contributed by atoms with van der Waals surface area (Å²) >= 11 is 0. The molecule has 2 rings (SSSR count). The second-order valence-electron chi connectivity index (χ2n) is 4.08. The van der Waals surface area contributed by atoms with E-state index in [1.165, 1.54) is 30.7 Å². The average Bonchev–Trinajstić information content (AvgIpc) is 2.94. The van der Waals surface area contributed by atoms with E-state index in [9.17, 15) is 14.9 Å². The van der Waals surface area contributed by atoms with Gasteiger partial charge in [0.1, 0.15) is 0 Å². The van der Waals surface area contributed by atoms with Crippen LogP contribution in [-0.2, 0) is 0 Å². The molecule has 0 bridgehead atoms. The van der Waals surface area contributed by atoms with Crippen LogP contribution in [0, 0.1) is 17.0 Å². The number of nitro groups is 1. The van der Waals surface area contributed by atoms with E-state index in [1.54, 1.807) is 25.1 Å². The molecule has 0 fully saturated rings. The van der Waals surface area contributed by atoms with Crippen molar-refractivity contribution in [2.24, 2.45) is 0 Å². The Morgan fingerprint density at radius 1 is 1.40 bits per heavy atom. The van der Waals surface area contributed by atoms with E-state index >= 15 is 0 Å². The summed E-state index contributed by atoms with van der Waals surface area (Å²) < 4.78 is 4.96. The number of anilines is 1. The van der Waals surface area contributed by atoms with Crippen molar-refractivity contribution in [2.75, 3.05) is 5.32 Å². The highest BCUT2D eigenvalue weighted by Crippen LogP contribution is 2.21. The van der Waals surface area contributed by atoms with Crippen molar-refractivity contribution in [1.82, 2.24) is 0 Å². The molecule has 20 heavy (non-hydrogen) atoms. The van der Waals surface area contributed by atoms with Crippen molar-refractivity contribution in [3.63, 3.8) is 0 Å². The van der Waals surface area contributed by atoms with Crippen molar-refractivity contribution in [2.45, 2.75) is 6.92 Å². The number of ketones is 1. The number of benzene rings is 1. The summed E-state index contributed by atoms with van der Waals surface area (Å²) in [5.41, 5.74) is 1.44. The lowest BCUT2D eigenvalue weighted by atomic mass is 10.2. The van der Waals surface area contributed by atoms with Gasteiger partial charge in [0, 0.05) is 30.1 Å². The van der Waals surface area contributed by atoms with E-state index < -0.39 is 4.92 Å². The van der Waals surface area contributed by atoms with Crippen LogP contribution < -0.4 is 5.32 Å². The quantitative estimate of drug-likeness (QED) is 0.390. The predicted octanol–water partition coefficient (Wildman–Crippen LogP) is 3.30. The van der Waals surface area contributed by atoms with Gasteiger partial charge in [-0.05, 0) is 30.7 Å². The Morgan fingerprint density at radius 3 is 2.80 bits per heavy atom. The molecule has 0 unspecified atom stereocenters. The highest BCUT2D eigenvalue weighted by molar-refractivity contribution is 6.02. The van der Waals surface area contributed by atoms with E-state index in [0.717, 1.165) is 0 Å². The third-order valence-electron chi connectivity index (χ3n) is 2.66. The molecule has 0 radical (unpaired) electrons. The van der Waals surface area contributed by atoms with Gasteiger partial charge < -0.3 is 9.73 Å². The van der Waals surface area contributed by atoms with Gasteiger partial charge >= 0.3 is 0 Å². The molecule has 0 aliphatic carbocycles. The van der Waals surface area contributed by atoms with Crippen LogP contribution in [0.2, 0.25) is 0 Å². The predicted molar refractivity (Wildman–Crippen MR) is 73.6 cm³/mol. The summed E-state index contributed by atoms with van der Waals surface area (Å²) in [4.78, 5) is 21.8. The summed E-state index contributed by atoms with van der Waals surface area (Å²) in [6, 6.07) is 7.66. The number of nitrogens with one attached hydrogen (secondary N) is 1. The van der Waals surface area contributed by atoms with Gasteiger partial charge in [0.2, 0.25) is 5.78 Å². The molecule has 0 aliphatic rings. The van der Waals surface area contributed by atoms with Crippen LogP contribution in [0.15, 0.2) is 53.3 Å². The summed E-state index contributed by atoms with van der Waals surface area (Å²) in [5.74, 6) is -0.00876. The molecule has 0 saturated carbocycles. The summed E-state index contributed by atoms with van der Waals surface area (Å²) in [6.07, 6.45) is 4.23. The molecular weight excluding hydrogens is 260 g/mol. The van der Waals surface area contributed by atoms with Gasteiger partial charge in [0.15, 0.2) is 5.76 Å². The number of hydrogen-bond donors (Lipinski definition) is 1. The first-order chi connectivity index (χ1) is 9.58. The SMILES string of the molecule is Cc1cc([N+](=O)[O-])ccc1NC=CC(=O)c1ccco1. The number of hydrogen-bond acceptors (Lipinski definition) is 5. The lowest BCUT2D eigenvalue weighted by Crippen LogP contribution is -1.96. The second-order valence-corrected chi connectivity index (χ2v) is 4.08. The van der Waals surface area contributed by atoms with Crippen molar-refractivity contribution in [1.29, 1.82) is 0 Å². The number of allylic oxidation sites excluding steroid dienone is 1. The van der Waals surface area contributed by atoms with E-state index in [1.807, 2.05) is 0 Å². The van der Waals surface area contributed by atoms with E-state index in [-0.39, 0.29) is 17.2 Å². The third kappa shape index (κ3) is 3.11. The Hall–Kier alpha value is -2.89. The van der Waals surface area contributed by atoms with Gasteiger partial charge in [0.25, 0.3) is 5.69 Å². The van der Waals surface area contributed by atoms with Crippen molar-refractivity contribution in [3.05, 3.63) is 70.3 Å². The molecule has 0 spiro atoms. The fraction of sp³-hybridized carbons (Fsp3) is 0.0714. The molecule has 1 N–H and O–H groups in total. The van der Waals surface area contributed by atoms with Crippen molar-refractivity contribution >= 4 is 17.2 Å². The lowest BCUT2D eigenvalue weighted by Gasteiger charge is -2.04. The van der Waals surface area contributed by atoms with Crippen LogP contribution in [0.25, 0.3) is 0 Å². The smallest absolute Gasteiger partial charge is 0.269 e. The molecule has 0 saturated heterocycles. The molecule has 6 heteroatoms. The molecule has 1 heterocycles. The molecule has 6 nitrogen and oxygen atoms in total. The Balaban J connectivity index is 2.04. The molecule has 102 valence electrons. The molecule has 2 aromatic rings. The number of aryl methyl sites for hydroxylation is 1. The standard InChI is InChI=1S/C14H12N2O4/c1-10-9-11(16(18)19)4-5-12(10)15-7-6-13(17)14-3-2-8-20-14/h2-9,15H,1H3. The number of carbonyl (C=O) groups excluding carboxylic acids is 1. The largest absolute Gasteiger partial charge is 0.461 e. The maximum Gasteiger partial charge on any atom is 0.269 e. The topological polar surface area (TPSA) is 85.4 Å². The summed E-state index contributed by atoms with van der Waals surface area (Å²) in [6.45, 7) is 1.75. The molecule has 1 aromatic heterocycles. The Morgan fingerprint density at radius 2 is 2.20 bits per heavy atom. The number of furan rings is 1. The molecule has 1 aromatic carbocycles. The normalized spacial score (nSPS) is 10.7. The van der Waals surface area contributed by atoms with Crippen LogP contribution in [0.4, 0.5) is 11.4 Å². The molecular formula is C14H12N2O4. The minimum absolute atomic E-state index is 0.0312. The van der Waals surface area contributed by atoms with Gasteiger partial charge in [-0.1, -0.05) is 0 Å². The first kappa shape index (κ1) is 13.5. The number of nitrogens with zero attached hydrogens (tertiary/aromatic N) is 1. The zero-order valence-electron chi connectivity index (χ0n) is 10.7. The van der Waals surface area contributed by atoms with E-state index in [4.69, 9.17) is 4.42 Å². The van der Waals surface area contributed by atoms with Gasteiger partial charge in [-0.2, -0.15) is 0 Å². The van der Waals surface area contributed by atoms with Crippen molar-refractivity contribution in [3.8, 4) is 0 Å². The first-order valence-electron chi connectivity index (χ1n) is 5.84. The fourth-order valence-electron chi connectivity index (χ4n) is 1.63. The van der Waals surface area contributed by atoms with Gasteiger partial charge in [-0.3, -0.25) is 14.9 Å². The van der Waals surface area contributed by atoms with E-state index in [0.29, 0.717) is 11.3 Å². The zero-order valence-corrected chi connectivity index (χ0v) is 10.7. The lowest BCUT2D eigenvalue weighted by molar-refractivity contribution is -0.384. The van der Waals surface area contributed by atoms with Gasteiger partial charge in [-0.15, -0.1) is 0 Å². The van der Waals surface area contributed by atoms with Crippen LogP contribution >= 0.6 is 0 Å². The van der Waals surface area contributed by atoms with E-state index in [2.05, 4.69) is 5.32 Å². The fourth-order valence-corrected chi connectivity index (χ4v) is 1.63. The first-order valence-corrected chi connectivity index (χ1v) is 5.84. The maximum absolute atomic E-state index is 11.6. The highest BCUT2D eigenvalue weighted by atomic mass is 16.6. The molecule has 0 atom stereocenters. The van der Waals surface area contributed by atoms with Crippen LogP contribution in [0.3, 0.4) is 0 Å². The monoisotopic (exact) mass is 272 g/mol. The molecule has 0 amide bonds.